The third-order valence-electron chi connectivity index (χ3n) is 5.53. The van der Waals surface area contributed by atoms with E-state index in [1.165, 1.54) is 12.1 Å². The van der Waals surface area contributed by atoms with Crippen LogP contribution in [0.25, 0.3) is 11.1 Å². The SMILES string of the molecule is CCCCCc1c(-c2cccc(F)c2)c(C(N)=O)c(C)n1Cc1ccccc1OC. The number of hydrogen-bond donors (Lipinski definition) is 1. The molecule has 2 N–H and O–H groups in total. The fraction of sp³-hybridized carbons (Fsp3) is 0.320. The molecule has 0 unspecified atom stereocenters. The molecule has 0 saturated heterocycles. The normalized spacial score (nSPS) is 10.9. The lowest BCUT2D eigenvalue weighted by Crippen LogP contribution is -2.14. The minimum atomic E-state index is -0.498. The number of halogens is 1. The van der Waals surface area contributed by atoms with Crippen LogP contribution in [0.5, 0.6) is 5.75 Å². The molecular formula is C25H29FN2O2. The molecule has 0 aliphatic heterocycles. The van der Waals surface area contributed by atoms with Crippen LogP contribution in [0.2, 0.25) is 0 Å². The molecule has 0 atom stereocenters. The number of rotatable bonds is 9. The van der Waals surface area contributed by atoms with Gasteiger partial charge in [-0.25, -0.2) is 4.39 Å². The Hall–Kier alpha value is -3.08. The van der Waals surface area contributed by atoms with E-state index in [0.29, 0.717) is 17.7 Å². The Morgan fingerprint density at radius 1 is 1.13 bits per heavy atom. The maximum Gasteiger partial charge on any atom is 0.251 e. The van der Waals surface area contributed by atoms with Gasteiger partial charge in [-0.2, -0.15) is 0 Å². The smallest absolute Gasteiger partial charge is 0.251 e. The molecule has 1 heterocycles. The Balaban J connectivity index is 2.22. The highest BCUT2D eigenvalue weighted by molar-refractivity contribution is 6.02. The Bertz CT molecular complexity index is 1040. The summed E-state index contributed by atoms with van der Waals surface area (Å²) < 4.78 is 21.7. The molecule has 5 heteroatoms. The van der Waals surface area contributed by atoms with E-state index >= 15 is 0 Å². The number of methoxy groups -OCH3 is 1. The van der Waals surface area contributed by atoms with Gasteiger partial charge in [0.2, 0.25) is 0 Å². The summed E-state index contributed by atoms with van der Waals surface area (Å²) in [7, 11) is 1.65. The molecule has 0 spiro atoms. The van der Waals surface area contributed by atoms with Crippen LogP contribution in [-0.2, 0) is 13.0 Å². The molecule has 0 fully saturated rings. The molecule has 0 bridgehead atoms. The van der Waals surface area contributed by atoms with Gasteiger partial charge in [0.05, 0.1) is 19.2 Å². The Kier molecular flexibility index (Phi) is 6.93. The number of unbranched alkanes of at least 4 members (excludes halogenated alkanes) is 2. The second-order valence-corrected chi connectivity index (χ2v) is 7.51. The largest absolute Gasteiger partial charge is 0.496 e. The monoisotopic (exact) mass is 408 g/mol. The second kappa shape index (κ2) is 9.61. The van der Waals surface area contributed by atoms with Crippen LogP contribution in [0.4, 0.5) is 4.39 Å². The van der Waals surface area contributed by atoms with E-state index in [2.05, 4.69) is 11.5 Å². The van der Waals surface area contributed by atoms with Crippen molar-refractivity contribution in [1.82, 2.24) is 4.57 Å². The number of nitrogens with two attached hydrogens (primary N) is 1. The number of para-hydroxylation sites is 1. The highest BCUT2D eigenvalue weighted by atomic mass is 19.1. The van der Waals surface area contributed by atoms with Crippen LogP contribution >= 0.6 is 0 Å². The summed E-state index contributed by atoms with van der Waals surface area (Å²) >= 11 is 0. The molecule has 3 aromatic rings. The van der Waals surface area contributed by atoms with Crippen molar-refractivity contribution in [2.75, 3.05) is 7.11 Å². The van der Waals surface area contributed by atoms with Crippen molar-refractivity contribution < 1.29 is 13.9 Å². The average molecular weight is 409 g/mol. The van der Waals surface area contributed by atoms with Crippen LogP contribution in [-0.4, -0.2) is 17.6 Å². The van der Waals surface area contributed by atoms with Gasteiger partial charge in [0.25, 0.3) is 5.91 Å². The van der Waals surface area contributed by atoms with Gasteiger partial charge in [-0.05, 0) is 43.5 Å². The molecule has 3 rings (SSSR count). The minimum absolute atomic E-state index is 0.336. The molecule has 158 valence electrons. The summed E-state index contributed by atoms with van der Waals surface area (Å²) in [6.07, 6.45) is 3.92. The van der Waals surface area contributed by atoms with Crippen LogP contribution in [0.15, 0.2) is 48.5 Å². The molecule has 0 saturated carbocycles. The van der Waals surface area contributed by atoms with Gasteiger partial charge in [0.15, 0.2) is 0 Å². The summed E-state index contributed by atoms with van der Waals surface area (Å²) in [5.41, 5.74) is 10.5. The van der Waals surface area contributed by atoms with Crippen molar-refractivity contribution >= 4 is 5.91 Å². The molecule has 0 radical (unpaired) electrons. The van der Waals surface area contributed by atoms with Gasteiger partial charge >= 0.3 is 0 Å². The first-order valence-corrected chi connectivity index (χ1v) is 10.4. The zero-order valence-electron chi connectivity index (χ0n) is 17.9. The van der Waals surface area contributed by atoms with Crippen LogP contribution in [0.1, 0.15) is 53.5 Å². The molecule has 30 heavy (non-hydrogen) atoms. The van der Waals surface area contributed by atoms with Crippen molar-refractivity contribution in [3.8, 4) is 16.9 Å². The Labute approximate surface area is 177 Å². The number of aromatic nitrogens is 1. The third kappa shape index (κ3) is 4.40. The number of carbonyl (C=O) groups excluding carboxylic acids is 1. The molecule has 0 aliphatic rings. The number of amides is 1. The predicted octanol–water partition coefficient (Wildman–Crippen LogP) is 5.49. The summed E-state index contributed by atoms with van der Waals surface area (Å²) in [6.45, 7) is 4.61. The molecule has 1 aromatic heterocycles. The average Bonchev–Trinajstić information content (AvgIpc) is 3.00. The summed E-state index contributed by atoms with van der Waals surface area (Å²) in [5, 5.41) is 0. The highest BCUT2D eigenvalue weighted by Crippen LogP contribution is 2.35. The lowest BCUT2D eigenvalue weighted by molar-refractivity contribution is 0.1000. The van der Waals surface area contributed by atoms with Crippen molar-refractivity contribution in [3.63, 3.8) is 0 Å². The lowest BCUT2D eigenvalue weighted by atomic mass is 9.97. The maximum absolute atomic E-state index is 14.0. The number of carbonyl (C=O) groups is 1. The Morgan fingerprint density at radius 3 is 2.57 bits per heavy atom. The predicted molar refractivity (Wildman–Crippen MR) is 118 cm³/mol. The fourth-order valence-electron chi connectivity index (χ4n) is 4.07. The number of ether oxygens (including phenoxy) is 1. The second-order valence-electron chi connectivity index (χ2n) is 7.51. The third-order valence-corrected chi connectivity index (χ3v) is 5.53. The first-order chi connectivity index (χ1) is 14.5. The number of hydrogen-bond acceptors (Lipinski definition) is 2. The summed E-state index contributed by atoms with van der Waals surface area (Å²) in [5.74, 6) is -0.0436. The van der Waals surface area contributed by atoms with Crippen molar-refractivity contribution in [3.05, 3.63) is 76.9 Å². The van der Waals surface area contributed by atoms with E-state index in [-0.39, 0.29) is 5.82 Å². The van der Waals surface area contributed by atoms with Crippen molar-refractivity contribution in [1.29, 1.82) is 0 Å². The minimum Gasteiger partial charge on any atom is -0.496 e. The number of nitrogens with zero attached hydrogens (tertiary/aromatic N) is 1. The van der Waals surface area contributed by atoms with Crippen LogP contribution in [0.3, 0.4) is 0 Å². The van der Waals surface area contributed by atoms with Gasteiger partial charge in [-0.1, -0.05) is 50.1 Å². The van der Waals surface area contributed by atoms with Crippen LogP contribution in [0, 0.1) is 12.7 Å². The van der Waals surface area contributed by atoms with E-state index in [4.69, 9.17) is 10.5 Å². The van der Waals surface area contributed by atoms with Crippen LogP contribution < -0.4 is 10.5 Å². The van der Waals surface area contributed by atoms with Gasteiger partial charge in [-0.15, -0.1) is 0 Å². The van der Waals surface area contributed by atoms with Crippen molar-refractivity contribution in [2.24, 2.45) is 5.73 Å². The van der Waals surface area contributed by atoms with Gasteiger partial charge in [0, 0.05) is 22.5 Å². The van der Waals surface area contributed by atoms with E-state index in [0.717, 1.165) is 53.9 Å². The van der Waals surface area contributed by atoms with E-state index in [1.54, 1.807) is 13.2 Å². The quantitative estimate of drug-likeness (QED) is 0.476. The van der Waals surface area contributed by atoms with Gasteiger partial charge in [-0.3, -0.25) is 4.79 Å². The highest BCUT2D eigenvalue weighted by Gasteiger charge is 2.25. The first kappa shape index (κ1) is 21.6. The lowest BCUT2D eigenvalue weighted by Gasteiger charge is -2.15. The first-order valence-electron chi connectivity index (χ1n) is 10.4. The van der Waals surface area contributed by atoms with E-state index in [9.17, 15) is 9.18 Å². The van der Waals surface area contributed by atoms with Gasteiger partial charge in [0.1, 0.15) is 11.6 Å². The number of benzene rings is 2. The molecule has 1 amide bonds. The fourth-order valence-corrected chi connectivity index (χ4v) is 4.07. The molecular weight excluding hydrogens is 379 g/mol. The maximum atomic E-state index is 14.0. The van der Waals surface area contributed by atoms with Gasteiger partial charge < -0.3 is 15.0 Å². The topological polar surface area (TPSA) is 57.2 Å². The summed E-state index contributed by atoms with van der Waals surface area (Å²) in [4.78, 5) is 12.5. The zero-order valence-corrected chi connectivity index (χ0v) is 17.9. The zero-order chi connectivity index (χ0) is 21.7. The Morgan fingerprint density at radius 2 is 1.90 bits per heavy atom. The summed E-state index contributed by atoms with van der Waals surface area (Å²) in [6, 6.07) is 14.2. The number of primary amides is 1. The molecule has 0 aliphatic carbocycles. The van der Waals surface area contributed by atoms with Crippen molar-refractivity contribution in [2.45, 2.75) is 46.1 Å². The van der Waals surface area contributed by atoms with E-state index < -0.39 is 5.91 Å². The molecule has 2 aromatic carbocycles. The standard InChI is InChI=1S/C25H29FN2O2/c1-4-5-6-13-21-24(18-11-9-12-20(26)15-18)23(25(27)29)17(2)28(21)16-19-10-7-8-14-22(19)30-3/h7-12,14-15H,4-6,13,16H2,1-3H3,(H2,27,29). The van der Waals surface area contributed by atoms with E-state index in [1.807, 2.05) is 37.3 Å². The molecule has 4 nitrogen and oxygen atoms in total.